The third-order valence-corrected chi connectivity index (χ3v) is 4.88. The van der Waals surface area contributed by atoms with Crippen LogP contribution >= 0.6 is 11.8 Å². The lowest BCUT2D eigenvalue weighted by Gasteiger charge is -2.26. The third-order valence-electron chi connectivity index (χ3n) is 3.58. The molecule has 1 aliphatic carbocycles. The average molecular weight is 318 g/mol. The summed E-state index contributed by atoms with van der Waals surface area (Å²) in [6, 6.07) is 1.92. The fourth-order valence-electron chi connectivity index (χ4n) is 2.52. The second-order valence-electron chi connectivity index (χ2n) is 5.42. The van der Waals surface area contributed by atoms with Gasteiger partial charge in [-0.15, -0.1) is 11.8 Å². The first-order chi connectivity index (χ1) is 9.77. The summed E-state index contributed by atoms with van der Waals surface area (Å²) in [5, 5.41) is 0.277. The number of primary amides is 1. The molecule has 7 heteroatoms. The Morgan fingerprint density at radius 2 is 2.10 bits per heavy atom. The topological polar surface area (TPSA) is 56.0 Å². The van der Waals surface area contributed by atoms with Crippen LogP contribution in [0.1, 0.15) is 48.7 Å². The first kappa shape index (κ1) is 16.1. The second-order valence-corrected chi connectivity index (χ2v) is 6.71. The van der Waals surface area contributed by atoms with E-state index in [2.05, 4.69) is 11.9 Å². The maximum Gasteiger partial charge on any atom is 0.433 e. The Kier molecular flexibility index (Phi) is 4.81. The lowest BCUT2D eigenvalue weighted by atomic mass is 9.91. The number of carbonyl (C=O) groups is 1. The Morgan fingerprint density at radius 3 is 2.67 bits per heavy atom. The van der Waals surface area contributed by atoms with Crippen LogP contribution in [-0.2, 0) is 6.18 Å². The molecule has 2 atom stereocenters. The maximum atomic E-state index is 12.8. The van der Waals surface area contributed by atoms with E-state index in [9.17, 15) is 18.0 Å². The average Bonchev–Trinajstić information content (AvgIpc) is 2.37. The van der Waals surface area contributed by atoms with Crippen molar-refractivity contribution in [3.05, 3.63) is 23.4 Å². The van der Waals surface area contributed by atoms with Crippen molar-refractivity contribution in [2.24, 2.45) is 11.7 Å². The molecule has 2 N–H and O–H groups in total. The van der Waals surface area contributed by atoms with Gasteiger partial charge in [0.25, 0.3) is 5.91 Å². The number of alkyl halides is 3. The number of hydrogen-bond acceptors (Lipinski definition) is 3. The molecule has 0 bridgehead atoms. The molecular formula is C14H17F3N2OS. The van der Waals surface area contributed by atoms with Crippen molar-refractivity contribution in [3.63, 3.8) is 0 Å². The van der Waals surface area contributed by atoms with Crippen molar-refractivity contribution < 1.29 is 18.0 Å². The summed E-state index contributed by atoms with van der Waals surface area (Å²) in [7, 11) is 0. The van der Waals surface area contributed by atoms with Gasteiger partial charge >= 0.3 is 6.18 Å². The SMILES string of the molecule is CC1CCCC(Sc2nc(C(F)(F)F)ccc2C(N)=O)C1. The summed E-state index contributed by atoms with van der Waals surface area (Å²) >= 11 is 1.24. The van der Waals surface area contributed by atoms with Crippen LogP contribution in [0.15, 0.2) is 17.2 Å². The molecule has 0 radical (unpaired) electrons. The van der Waals surface area contributed by atoms with E-state index in [1.165, 1.54) is 11.8 Å². The molecule has 1 fully saturated rings. The van der Waals surface area contributed by atoms with E-state index in [0.717, 1.165) is 37.8 Å². The summed E-state index contributed by atoms with van der Waals surface area (Å²) in [5.74, 6) is -0.207. The van der Waals surface area contributed by atoms with Gasteiger partial charge in [-0.2, -0.15) is 13.2 Å². The smallest absolute Gasteiger partial charge is 0.366 e. The molecule has 3 nitrogen and oxygen atoms in total. The molecular weight excluding hydrogens is 301 g/mol. The first-order valence-electron chi connectivity index (χ1n) is 6.82. The molecule has 1 aromatic rings. The number of rotatable bonds is 3. The van der Waals surface area contributed by atoms with Gasteiger partial charge in [0.15, 0.2) is 0 Å². The fraction of sp³-hybridized carbons (Fsp3) is 0.571. The van der Waals surface area contributed by atoms with E-state index in [0.29, 0.717) is 5.92 Å². The van der Waals surface area contributed by atoms with Crippen LogP contribution in [0.5, 0.6) is 0 Å². The first-order valence-corrected chi connectivity index (χ1v) is 7.70. The maximum absolute atomic E-state index is 12.8. The number of nitrogens with two attached hydrogens (primary N) is 1. The number of halogens is 3. The largest absolute Gasteiger partial charge is 0.433 e. The summed E-state index contributed by atoms with van der Waals surface area (Å²) in [5.41, 5.74) is 4.31. The number of thioether (sulfide) groups is 1. The van der Waals surface area contributed by atoms with Gasteiger partial charge < -0.3 is 5.73 Å². The molecule has 0 saturated heterocycles. The summed E-state index contributed by atoms with van der Waals surface area (Å²) in [4.78, 5) is 15.0. The van der Waals surface area contributed by atoms with Gasteiger partial charge in [-0.3, -0.25) is 4.79 Å². The third kappa shape index (κ3) is 4.12. The van der Waals surface area contributed by atoms with Gasteiger partial charge in [-0.05, 0) is 30.9 Å². The van der Waals surface area contributed by atoms with Gasteiger partial charge in [-0.1, -0.05) is 19.8 Å². The van der Waals surface area contributed by atoms with E-state index >= 15 is 0 Å². The fourth-order valence-corrected chi connectivity index (χ4v) is 3.99. The number of hydrogen-bond donors (Lipinski definition) is 1. The Labute approximate surface area is 125 Å². The van der Waals surface area contributed by atoms with E-state index in [4.69, 9.17) is 5.73 Å². The van der Waals surface area contributed by atoms with Crippen LogP contribution in [0.4, 0.5) is 13.2 Å². The molecule has 1 saturated carbocycles. The van der Waals surface area contributed by atoms with Gasteiger partial charge in [-0.25, -0.2) is 4.98 Å². The van der Waals surface area contributed by atoms with Crippen molar-refractivity contribution in [1.29, 1.82) is 0 Å². The van der Waals surface area contributed by atoms with Gasteiger partial charge in [0.2, 0.25) is 0 Å². The molecule has 0 aromatic carbocycles. The van der Waals surface area contributed by atoms with Crippen LogP contribution in [0.25, 0.3) is 0 Å². The van der Waals surface area contributed by atoms with Crippen molar-refractivity contribution in [2.75, 3.05) is 0 Å². The van der Waals surface area contributed by atoms with Crippen molar-refractivity contribution in [3.8, 4) is 0 Å². The standard InChI is InChI=1S/C14H17F3N2OS/c1-8-3-2-4-9(7-8)21-13-10(12(18)20)5-6-11(19-13)14(15,16)17/h5-6,8-9H,2-4,7H2,1H3,(H2,18,20). The number of nitrogens with zero attached hydrogens (tertiary/aromatic N) is 1. The van der Waals surface area contributed by atoms with Crippen LogP contribution in [0.2, 0.25) is 0 Å². The summed E-state index contributed by atoms with van der Waals surface area (Å²) in [6.07, 6.45) is -0.503. The highest BCUT2D eigenvalue weighted by molar-refractivity contribution is 7.99. The zero-order chi connectivity index (χ0) is 15.6. The number of aromatic nitrogens is 1. The van der Waals surface area contributed by atoms with Crippen LogP contribution in [0.3, 0.4) is 0 Å². The van der Waals surface area contributed by atoms with Crippen molar-refractivity contribution in [2.45, 2.75) is 49.1 Å². The molecule has 21 heavy (non-hydrogen) atoms. The van der Waals surface area contributed by atoms with Gasteiger partial charge in [0.1, 0.15) is 10.7 Å². The summed E-state index contributed by atoms with van der Waals surface area (Å²) < 4.78 is 38.3. The second kappa shape index (κ2) is 6.25. The zero-order valence-electron chi connectivity index (χ0n) is 11.6. The highest BCUT2D eigenvalue weighted by Gasteiger charge is 2.34. The number of carbonyl (C=O) groups excluding carboxylic acids is 1. The van der Waals surface area contributed by atoms with Crippen molar-refractivity contribution in [1.82, 2.24) is 4.98 Å². The molecule has 1 heterocycles. The van der Waals surface area contributed by atoms with Gasteiger partial charge in [0.05, 0.1) is 5.56 Å². The summed E-state index contributed by atoms with van der Waals surface area (Å²) in [6.45, 7) is 2.13. The number of amides is 1. The quantitative estimate of drug-likeness (QED) is 0.920. The Bertz CT molecular complexity index is 533. The predicted octanol–water partition coefficient (Wildman–Crippen LogP) is 3.87. The van der Waals surface area contributed by atoms with E-state index in [-0.39, 0.29) is 15.8 Å². The molecule has 0 aliphatic heterocycles. The molecule has 2 unspecified atom stereocenters. The minimum absolute atomic E-state index is 0.0613. The minimum atomic E-state index is -4.52. The van der Waals surface area contributed by atoms with Crippen LogP contribution < -0.4 is 5.73 Å². The predicted molar refractivity (Wildman–Crippen MR) is 75.0 cm³/mol. The Morgan fingerprint density at radius 1 is 1.38 bits per heavy atom. The monoisotopic (exact) mass is 318 g/mol. The highest BCUT2D eigenvalue weighted by atomic mass is 32.2. The molecule has 1 aromatic heterocycles. The van der Waals surface area contributed by atoms with E-state index in [1.807, 2.05) is 0 Å². The van der Waals surface area contributed by atoms with E-state index in [1.54, 1.807) is 0 Å². The Balaban J connectivity index is 2.28. The minimum Gasteiger partial charge on any atom is -0.366 e. The van der Waals surface area contributed by atoms with Crippen LogP contribution in [-0.4, -0.2) is 16.1 Å². The lowest BCUT2D eigenvalue weighted by molar-refractivity contribution is -0.141. The normalized spacial score (nSPS) is 23.0. The molecule has 1 amide bonds. The highest BCUT2D eigenvalue weighted by Crippen LogP contribution is 2.38. The van der Waals surface area contributed by atoms with Crippen LogP contribution in [0, 0.1) is 5.92 Å². The zero-order valence-corrected chi connectivity index (χ0v) is 12.4. The Hall–Kier alpha value is -1.24. The van der Waals surface area contributed by atoms with Crippen molar-refractivity contribution >= 4 is 17.7 Å². The molecule has 1 aliphatic rings. The van der Waals surface area contributed by atoms with Gasteiger partial charge in [0, 0.05) is 5.25 Å². The van der Waals surface area contributed by atoms with E-state index < -0.39 is 17.8 Å². The molecule has 0 spiro atoms. The lowest BCUT2D eigenvalue weighted by Crippen LogP contribution is -2.19. The number of pyridine rings is 1. The molecule has 2 rings (SSSR count). The molecule has 116 valence electrons.